The Morgan fingerprint density at radius 3 is 3.00 bits per heavy atom. The smallest absolute Gasteiger partial charge is 0.218 e. The highest BCUT2D eigenvalue weighted by Gasteiger charge is 2.21. The molecule has 0 saturated heterocycles. The first-order chi connectivity index (χ1) is 9.21. The molecule has 1 N–H and O–H groups in total. The number of hydrogen-bond donors (Lipinski definition) is 1. The number of anilines is 1. The van der Waals surface area contributed by atoms with Gasteiger partial charge in [-0.3, -0.25) is 0 Å². The van der Waals surface area contributed by atoms with Crippen molar-refractivity contribution in [3.63, 3.8) is 0 Å². The fourth-order valence-electron chi connectivity index (χ4n) is 2.54. The van der Waals surface area contributed by atoms with Crippen LogP contribution in [0.2, 0.25) is 0 Å². The quantitative estimate of drug-likeness (QED) is 0.897. The van der Waals surface area contributed by atoms with Crippen LogP contribution in [-0.2, 0) is 0 Å². The molecule has 2 unspecified atom stereocenters. The third-order valence-corrected chi connectivity index (χ3v) is 4.51. The average molecular weight is 281 g/mol. The molecule has 1 aromatic rings. The second-order valence-electron chi connectivity index (χ2n) is 4.94. The molecule has 1 saturated carbocycles. The van der Waals surface area contributed by atoms with E-state index < -0.39 is 0 Å². The molecule has 19 heavy (non-hydrogen) atoms. The summed E-state index contributed by atoms with van der Waals surface area (Å²) in [6.45, 7) is 4.50. The van der Waals surface area contributed by atoms with Crippen LogP contribution in [0.25, 0.3) is 0 Å². The Labute approximate surface area is 119 Å². The van der Waals surface area contributed by atoms with E-state index in [1.165, 1.54) is 25.7 Å². The number of hydrogen-bond acceptors (Lipinski definition) is 5. The van der Waals surface area contributed by atoms with Crippen LogP contribution in [0.1, 0.15) is 38.4 Å². The molecule has 1 aliphatic rings. The molecule has 0 spiro atoms. The first kappa shape index (κ1) is 14.4. The van der Waals surface area contributed by atoms with Gasteiger partial charge < -0.3 is 10.1 Å². The minimum Gasteiger partial charge on any atom is -0.478 e. The Morgan fingerprint density at radius 1 is 1.42 bits per heavy atom. The maximum absolute atomic E-state index is 5.46. The molecule has 1 aliphatic carbocycles. The number of ether oxygens (including phenoxy) is 1. The van der Waals surface area contributed by atoms with E-state index in [4.69, 9.17) is 4.74 Å². The van der Waals surface area contributed by atoms with Crippen molar-refractivity contribution in [3.8, 4) is 5.88 Å². The van der Waals surface area contributed by atoms with Gasteiger partial charge in [0.05, 0.1) is 6.61 Å². The van der Waals surface area contributed by atoms with Gasteiger partial charge in [0.1, 0.15) is 11.6 Å². The lowest BCUT2D eigenvalue weighted by atomic mass is 9.95. The van der Waals surface area contributed by atoms with Crippen molar-refractivity contribution in [2.24, 2.45) is 0 Å². The standard InChI is InChI=1S/C14H23N3OS/c1-4-18-14-9-13(15-10(2)16-14)17-11-6-5-7-12(8-11)19-3/h9,11-12H,4-8H2,1-3H3,(H,15,16,17). The van der Waals surface area contributed by atoms with Crippen molar-refractivity contribution >= 4 is 17.6 Å². The van der Waals surface area contributed by atoms with E-state index in [1.807, 2.05) is 31.7 Å². The van der Waals surface area contributed by atoms with Crippen LogP contribution in [0.15, 0.2) is 6.07 Å². The van der Waals surface area contributed by atoms with Crippen molar-refractivity contribution < 1.29 is 4.74 Å². The molecule has 2 rings (SSSR count). The van der Waals surface area contributed by atoms with Crippen LogP contribution in [0, 0.1) is 6.92 Å². The first-order valence-corrected chi connectivity index (χ1v) is 8.28. The Bertz CT molecular complexity index is 414. The van der Waals surface area contributed by atoms with E-state index in [2.05, 4.69) is 21.5 Å². The molecule has 1 aromatic heterocycles. The summed E-state index contributed by atoms with van der Waals surface area (Å²) in [5.74, 6) is 2.31. The summed E-state index contributed by atoms with van der Waals surface area (Å²) in [6.07, 6.45) is 7.28. The summed E-state index contributed by atoms with van der Waals surface area (Å²) < 4.78 is 5.46. The fourth-order valence-corrected chi connectivity index (χ4v) is 3.36. The van der Waals surface area contributed by atoms with Gasteiger partial charge in [0, 0.05) is 17.4 Å². The molecule has 0 aliphatic heterocycles. The van der Waals surface area contributed by atoms with Crippen LogP contribution in [0.3, 0.4) is 0 Å². The lowest BCUT2D eigenvalue weighted by Crippen LogP contribution is -2.29. The number of nitrogens with zero attached hydrogens (tertiary/aromatic N) is 2. The second kappa shape index (κ2) is 6.98. The van der Waals surface area contributed by atoms with Crippen molar-refractivity contribution in [2.75, 3.05) is 18.2 Å². The number of aromatic nitrogens is 2. The van der Waals surface area contributed by atoms with Gasteiger partial charge in [0.2, 0.25) is 5.88 Å². The number of aryl methyl sites for hydroxylation is 1. The zero-order valence-electron chi connectivity index (χ0n) is 12.0. The van der Waals surface area contributed by atoms with Crippen molar-refractivity contribution in [1.29, 1.82) is 0 Å². The molecule has 4 nitrogen and oxygen atoms in total. The molecule has 0 aromatic carbocycles. The maximum Gasteiger partial charge on any atom is 0.218 e. The van der Waals surface area contributed by atoms with E-state index in [0.29, 0.717) is 18.5 Å². The molecule has 106 valence electrons. The van der Waals surface area contributed by atoms with Crippen LogP contribution >= 0.6 is 11.8 Å². The summed E-state index contributed by atoms with van der Waals surface area (Å²) in [5.41, 5.74) is 0. The van der Waals surface area contributed by atoms with E-state index in [-0.39, 0.29) is 0 Å². The van der Waals surface area contributed by atoms with E-state index in [0.717, 1.165) is 16.9 Å². The van der Waals surface area contributed by atoms with Crippen molar-refractivity contribution in [1.82, 2.24) is 9.97 Å². The summed E-state index contributed by atoms with van der Waals surface area (Å²) in [6, 6.07) is 2.43. The van der Waals surface area contributed by atoms with Gasteiger partial charge >= 0.3 is 0 Å². The molecule has 0 amide bonds. The number of rotatable bonds is 5. The van der Waals surface area contributed by atoms with E-state index >= 15 is 0 Å². The van der Waals surface area contributed by atoms with Crippen LogP contribution in [0.4, 0.5) is 5.82 Å². The van der Waals surface area contributed by atoms with Gasteiger partial charge in [-0.15, -0.1) is 0 Å². The zero-order valence-corrected chi connectivity index (χ0v) is 12.8. The van der Waals surface area contributed by atoms with Crippen LogP contribution < -0.4 is 10.1 Å². The van der Waals surface area contributed by atoms with Crippen LogP contribution in [0.5, 0.6) is 5.88 Å². The molecule has 1 heterocycles. The fraction of sp³-hybridized carbons (Fsp3) is 0.714. The minimum absolute atomic E-state index is 0.523. The van der Waals surface area contributed by atoms with Gasteiger partial charge in [-0.1, -0.05) is 6.42 Å². The Kier molecular flexibility index (Phi) is 5.31. The molecular formula is C14H23N3OS. The van der Waals surface area contributed by atoms with E-state index in [1.54, 1.807) is 0 Å². The van der Waals surface area contributed by atoms with E-state index in [9.17, 15) is 0 Å². The van der Waals surface area contributed by atoms with Gasteiger partial charge in [0.15, 0.2) is 0 Å². The SMILES string of the molecule is CCOc1cc(NC2CCCC(SC)C2)nc(C)n1. The third kappa shape index (κ3) is 4.27. The molecule has 0 bridgehead atoms. The van der Waals surface area contributed by atoms with Crippen molar-refractivity contribution in [3.05, 3.63) is 11.9 Å². The Hall–Kier alpha value is -0.970. The predicted molar refractivity (Wildman–Crippen MR) is 81.1 cm³/mol. The monoisotopic (exact) mass is 281 g/mol. The normalized spacial score (nSPS) is 23.1. The molecule has 2 atom stereocenters. The maximum atomic E-state index is 5.46. The van der Waals surface area contributed by atoms with Gasteiger partial charge in [-0.25, -0.2) is 4.98 Å². The van der Waals surface area contributed by atoms with Gasteiger partial charge in [0.25, 0.3) is 0 Å². The lowest BCUT2D eigenvalue weighted by Gasteiger charge is -2.29. The summed E-state index contributed by atoms with van der Waals surface area (Å²) in [4.78, 5) is 8.72. The highest BCUT2D eigenvalue weighted by atomic mass is 32.2. The Morgan fingerprint density at radius 2 is 2.26 bits per heavy atom. The van der Waals surface area contributed by atoms with Crippen molar-refractivity contribution in [2.45, 2.75) is 50.8 Å². The molecular weight excluding hydrogens is 258 g/mol. The van der Waals surface area contributed by atoms with Gasteiger partial charge in [-0.05, 0) is 39.4 Å². The minimum atomic E-state index is 0.523. The molecule has 5 heteroatoms. The largest absolute Gasteiger partial charge is 0.478 e. The molecule has 0 radical (unpaired) electrons. The summed E-state index contributed by atoms with van der Waals surface area (Å²) in [7, 11) is 0. The average Bonchev–Trinajstić information content (AvgIpc) is 2.38. The number of thioether (sulfide) groups is 1. The summed E-state index contributed by atoms with van der Waals surface area (Å²) >= 11 is 1.98. The highest BCUT2D eigenvalue weighted by molar-refractivity contribution is 7.99. The summed E-state index contributed by atoms with van der Waals surface area (Å²) in [5, 5.41) is 4.32. The molecule has 1 fully saturated rings. The van der Waals surface area contributed by atoms with Gasteiger partial charge in [-0.2, -0.15) is 16.7 Å². The zero-order chi connectivity index (χ0) is 13.7. The third-order valence-electron chi connectivity index (χ3n) is 3.42. The first-order valence-electron chi connectivity index (χ1n) is 6.99. The number of nitrogens with one attached hydrogen (secondary N) is 1. The lowest BCUT2D eigenvalue weighted by molar-refractivity contribution is 0.325. The predicted octanol–water partition coefficient (Wildman–Crippen LogP) is 3.27. The topological polar surface area (TPSA) is 47.0 Å². The highest BCUT2D eigenvalue weighted by Crippen LogP contribution is 2.28. The Balaban J connectivity index is 2.01. The van der Waals surface area contributed by atoms with Crippen LogP contribution in [-0.4, -0.2) is 34.1 Å². The second-order valence-corrected chi connectivity index (χ2v) is 6.08.